The molecule has 0 saturated carbocycles. The van der Waals surface area contributed by atoms with E-state index in [1.165, 1.54) is 7.11 Å². The van der Waals surface area contributed by atoms with Crippen molar-refractivity contribution in [2.75, 3.05) is 25.6 Å². The molecule has 1 N–H and O–H groups in total. The highest BCUT2D eigenvalue weighted by molar-refractivity contribution is 5.69. The molecule has 6 nitrogen and oxygen atoms in total. The van der Waals surface area contributed by atoms with E-state index in [4.69, 9.17) is 4.74 Å². The van der Waals surface area contributed by atoms with Crippen LogP contribution in [0.1, 0.15) is 19.8 Å². The fourth-order valence-electron chi connectivity index (χ4n) is 1.10. The third kappa shape index (κ3) is 5.14. The Bertz CT molecular complexity index is 358. The van der Waals surface area contributed by atoms with Crippen LogP contribution in [0.25, 0.3) is 0 Å². The summed E-state index contributed by atoms with van der Waals surface area (Å²) in [4.78, 5) is 19.1. The Morgan fingerprint density at radius 2 is 2.29 bits per heavy atom. The summed E-state index contributed by atoms with van der Waals surface area (Å²) in [5.74, 6) is 0.807. The number of hydrogen-bond donors (Lipinski definition) is 1. The van der Waals surface area contributed by atoms with Crippen LogP contribution >= 0.6 is 0 Å². The van der Waals surface area contributed by atoms with Crippen LogP contribution in [0.2, 0.25) is 0 Å². The maximum absolute atomic E-state index is 10.9. The van der Waals surface area contributed by atoms with Gasteiger partial charge >= 0.3 is 5.97 Å². The van der Waals surface area contributed by atoms with E-state index in [1.807, 2.05) is 6.92 Å². The van der Waals surface area contributed by atoms with Crippen molar-refractivity contribution in [3.05, 3.63) is 12.4 Å². The second-order valence-electron chi connectivity index (χ2n) is 3.34. The average molecular weight is 239 g/mol. The van der Waals surface area contributed by atoms with Crippen molar-refractivity contribution >= 4 is 11.8 Å². The highest BCUT2D eigenvalue weighted by Crippen LogP contribution is 2.09. The summed E-state index contributed by atoms with van der Waals surface area (Å²) in [7, 11) is 1.36. The summed E-state index contributed by atoms with van der Waals surface area (Å²) in [6.07, 6.45) is 4.34. The van der Waals surface area contributed by atoms with Gasteiger partial charge in [-0.3, -0.25) is 9.78 Å². The molecule has 1 aromatic heterocycles. The first-order valence-corrected chi connectivity index (χ1v) is 5.51. The van der Waals surface area contributed by atoms with Crippen molar-refractivity contribution in [3.8, 4) is 5.88 Å². The normalized spacial score (nSPS) is 9.76. The van der Waals surface area contributed by atoms with Gasteiger partial charge in [-0.15, -0.1) is 0 Å². The SMILES string of the molecule is CCCOc1cncc(NCCC(=O)OC)n1. The van der Waals surface area contributed by atoms with Crippen molar-refractivity contribution in [1.82, 2.24) is 9.97 Å². The molecular formula is C11H17N3O3. The second-order valence-corrected chi connectivity index (χ2v) is 3.34. The molecule has 0 aliphatic heterocycles. The van der Waals surface area contributed by atoms with Gasteiger partial charge in [0.05, 0.1) is 32.5 Å². The topological polar surface area (TPSA) is 73.3 Å². The molecule has 94 valence electrons. The maximum atomic E-state index is 10.9. The highest BCUT2D eigenvalue weighted by Gasteiger charge is 2.02. The lowest BCUT2D eigenvalue weighted by Crippen LogP contribution is -2.11. The minimum Gasteiger partial charge on any atom is -0.477 e. The number of ether oxygens (including phenoxy) is 2. The zero-order chi connectivity index (χ0) is 12.5. The Hall–Kier alpha value is -1.85. The van der Waals surface area contributed by atoms with Crippen molar-refractivity contribution in [1.29, 1.82) is 0 Å². The summed E-state index contributed by atoms with van der Waals surface area (Å²) < 4.78 is 9.86. The molecule has 0 aliphatic rings. The largest absolute Gasteiger partial charge is 0.477 e. The van der Waals surface area contributed by atoms with E-state index in [1.54, 1.807) is 12.4 Å². The standard InChI is InChI=1S/C11H17N3O3/c1-3-6-17-10-8-12-7-9(14-10)13-5-4-11(15)16-2/h7-8H,3-6H2,1-2H3,(H,13,14). The van der Waals surface area contributed by atoms with E-state index in [0.29, 0.717) is 24.8 Å². The Labute approximate surface area is 100 Å². The smallest absolute Gasteiger partial charge is 0.307 e. The first-order chi connectivity index (χ1) is 8.26. The Kier molecular flexibility index (Phi) is 5.77. The molecule has 0 aromatic carbocycles. The van der Waals surface area contributed by atoms with Crippen LogP contribution in [0, 0.1) is 0 Å². The molecule has 1 aromatic rings. The first kappa shape index (κ1) is 13.2. The van der Waals surface area contributed by atoms with Gasteiger partial charge in [-0.05, 0) is 6.42 Å². The van der Waals surface area contributed by atoms with Gasteiger partial charge in [0.2, 0.25) is 5.88 Å². The molecule has 0 saturated heterocycles. The van der Waals surface area contributed by atoms with Crippen molar-refractivity contribution < 1.29 is 14.3 Å². The van der Waals surface area contributed by atoms with E-state index in [9.17, 15) is 4.79 Å². The Morgan fingerprint density at radius 3 is 3.00 bits per heavy atom. The molecule has 0 unspecified atom stereocenters. The number of carbonyl (C=O) groups is 1. The van der Waals surface area contributed by atoms with Crippen LogP contribution < -0.4 is 10.1 Å². The van der Waals surface area contributed by atoms with E-state index in [0.717, 1.165) is 6.42 Å². The van der Waals surface area contributed by atoms with Crippen molar-refractivity contribution in [2.24, 2.45) is 0 Å². The van der Waals surface area contributed by atoms with Gasteiger partial charge in [0, 0.05) is 6.54 Å². The predicted molar refractivity (Wildman–Crippen MR) is 62.9 cm³/mol. The van der Waals surface area contributed by atoms with Gasteiger partial charge in [0.25, 0.3) is 0 Å². The van der Waals surface area contributed by atoms with Crippen LogP contribution in [-0.2, 0) is 9.53 Å². The summed E-state index contributed by atoms with van der Waals surface area (Å²) in [5, 5.41) is 2.97. The number of carbonyl (C=O) groups excluding carboxylic acids is 1. The van der Waals surface area contributed by atoms with E-state index < -0.39 is 0 Å². The summed E-state index contributed by atoms with van der Waals surface area (Å²) in [6.45, 7) is 3.09. The van der Waals surface area contributed by atoms with Gasteiger partial charge in [0.15, 0.2) is 0 Å². The number of aromatic nitrogens is 2. The van der Waals surface area contributed by atoms with Gasteiger partial charge in [-0.25, -0.2) is 0 Å². The molecule has 0 spiro atoms. The lowest BCUT2D eigenvalue weighted by molar-refractivity contribution is -0.140. The number of nitrogens with one attached hydrogen (secondary N) is 1. The molecule has 0 radical (unpaired) electrons. The molecule has 0 bridgehead atoms. The van der Waals surface area contributed by atoms with Crippen molar-refractivity contribution in [2.45, 2.75) is 19.8 Å². The first-order valence-electron chi connectivity index (χ1n) is 5.51. The van der Waals surface area contributed by atoms with Gasteiger partial charge in [-0.2, -0.15) is 4.98 Å². The number of anilines is 1. The molecule has 0 atom stereocenters. The summed E-state index contributed by atoms with van der Waals surface area (Å²) in [6, 6.07) is 0. The fourth-order valence-corrected chi connectivity index (χ4v) is 1.10. The molecule has 0 aliphatic carbocycles. The number of nitrogens with zero attached hydrogens (tertiary/aromatic N) is 2. The Morgan fingerprint density at radius 1 is 1.47 bits per heavy atom. The number of hydrogen-bond acceptors (Lipinski definition) is 6. The highest BCUT2D eigenvalue weighted by atomic mass is 16.5. The van der Waals surface area contributed by atoms with Crippen LogP contribution in [0.4, 0.5) is 5.82 Å². The van der Waals surface area contributed by atoms with Crippen LogP contribution in [-0.4, -0.2) is 36.2 Å². The zero-order valence-corrected chi connectivity index (χ0v) is 10.1. The second kappa shape index (κ2) is 7.43. The number of rotatable bonds is 7. The molecule has 1 rings (SSSR count). The predicted octanol–water partition coefficient (Wildman–Crippen LogP) is 1.24. The quantitative estimate of drug-likeness (QED) is 0.722. The molecule has 6 heteroatoms. The van der Waals surface area contributed by atoms with Crippen LogP contribution in [0.15, 0.2) is 12.4 Å². The molecule has 1 heterocycles. The van der Waals surface area contributed by atoms with E-state index in [2.05, 4.69) is 20.0 Å². The average Bonchev–Trinajstić information content (AvgIpc) is 2.36. The lowest BCUT2D eigenvalue weighted by atomic mass is 10.4. The molecule has 0 amide bonds. The number of esters is 1. The monoisotopic (exact) mass is 239 g/mol. The third-order valence-corrected chi connectivity index (χ3v) is 1.93. The Balaban J connectivity index is 2.40. The van der Waals surface area contributed by atoms with Crippen LogP contribution in [0.5, 0.6) is 5.88 Å². The molecule has 17 heavy (non-hydrogen) atoms. The third-order valence-electron chi connectivity index (χ3n) is 1.93. The van der Waals surface area contributed by atoms with Gasteiger partial charge in [-0.1, -0.05) is 6.92 Å². The minimum absolute atomic E-state index is 0.260. The fraction of sp³-hybridized carbons (Fsp3) is 0.545. The number of methoxy groups -OCH3 is 1. The van der Waals surface area contributed by atoms with Gasteiger partial charge < -0.3 is 14.8 Å². The summed E-state index contributed by atoms with van der Waals surface area (Å²) in [5.41, 5.74) is 0. The zero-order valence-electron chi connectivity index (χ0n) is 10.1. The molecule has 0 fully saturated rings. The van der Waals surface area contributed by atoms with Crippen LogP contribution in [0.3, 0.4) is 0 Å². The minimum atomic E-state index is -0.260. The van der Waals surface area contributed by atoms with Gasteiger partial charge in [0.1, 0.15) is 5.82 Å². The van der Waals surface area contributed by atoms with E-state index in [-0.39, 0.29) is 12.4 Å². The summed E-state index contributed by atoms with van der Waals surface area (Å²) >= 11 is 0. The maximum Gasteiger partial charge on any atom is 0.307 e. The lowest BCUT2D eigenvalue weighted by Gasteiger charge is -2.06. The van der Waals surface area contributed by atoms with Crippen molar-refractivity contribution in [3.63, 3.8) is 0 Å². The van der Waals surface area contributed by atoms with E-state index >= 15 is 0 Å². The molecular weight excluding hydrogens is 222 g/mol.